The Labute approximate surface area is 129 Å². The molecule has 112 valence electrons. The second-order valence-corrected chi connectivity index (χ2v) is 5.14. The molecule has 1 atom stereocenters. The van der Waals surface area contributed by atoms with Gasteiger partial charge in [0.05, 0.1) is 19.1 Å². The Kier molecular flexibility index (Phi) is 4.15. The van der Waals surface area contributed by atoms with Gasteiger partial charge in [-0.05, 0) is 41.8 Å². The van der Waals surface area contributed by atoms with Crippen molar-refractivity contribution in [3.63, 3.8) is 0 Å². The van der Waals surface area contributed by atoms with Crippen molar-refractivity contribution in [2.45, 2.75) is 12.3 Å². The number of hydrogen-bond donors (Lipinski definition) is 0. The fourth-order valence-corrected chi connectivity index (χ4v) is 2.51. The van der Waals surface area contributed by atoms with Crippen molar-refractivity contribution >= 4 is 0 Å². The minimum atomic E-state index is -0.218. The van der Waals surface area contributed by atoms with Gasteiger partial charge in [0, 0.05) is 0 Å². The second kappa shape index (κ2) is 6.40. The van der Waals surface area contributed by atoms with E-state index in [1.807, 2.05) is 42.5 Å². The number of benzene rings is 2. The van der Waals surface area contributed by atoms with Crippen LogP contribution in [0.3, 0.4) is 0 Å². The van der Waals surface area contributed by atoms with Gasteiger partial charge in [0.2, 0.25) is 0 Å². The van der Waals surface area contributed by atoms with Crippen LogP contribution in [0.2, 0.25) is 0 Å². The van der Waals surface area contributed by atoms with Gasteiger partial charge in [-0.15, -0.1) is 0 Å². The van der Waals surface area contributed by atoms with Gasteiger partial charge < -0.3 is 14.2 Å². The summed E-state index contributed by atoms with van der Waals surface area (Å²) in [4.78, 5) is 0. The van der Waals surface area contributed by atoms with Crippen LogP contribution in [-0.4, -0.2) is 20.3 Å². The third kappa shape index (κ3) is 2.99. The molecule has 1 unspecified atom stereocenters. The minimum absolute atomic E-state index is 0.218. The highest BCUT2D eigenvalue weighted by atomic mass is 16.6. The summed E-state index contributed by atoms with van der Waals surface area (Å²) in [5.41, 5.74) is 2.05. The molecular formula is C18H17NO3. The molecule has 22 heavy (non-hydrogen) atoms. The molecule has 3 rings (SSSR count). The molecule has 4 nitrogen and oxygen atoms in total. The zero-order valence-corrected chi connectivity index (χ0v) is 12.4. The van der Waals surface area contributed by atoms with E-state index in [2.05, 4.69) is 6.07 Å². The molecular weight excluding hydrogens is 278 g/mol. The number of hydrogen-bond acceptors (Lipinski definition) is 4. The smallest absolute Gasteiger partial charge is 0.161 e. The minimum Gasteiger partial charge on any atom is -0.497 e. The summed E-state index contributed by atoms with van der Waals surface area (Å²) < 4.78 is 16.3. The summed E-state index contributed by atoms with van der Waals surface area (Å²) in [5, 5.41) is 9.50. The normalized spacial score (nSPS) is 14.0. The van der Waals surface area contributed by atoms with Crippen LogP contribution in [0, 0.1) is 11.3 Å². The summed E-state index contributed by atoms with van der Waals surface area (Å²) >= 11 is 0. The average Bonchev–Trinajstić information content (AvgIpc) is 2.59. The number of fused-ring (bicyclic) bond motifs is 1. The largest absolute Gasteiger partial charge is 0.497 e. The van der Waals surface area contributed by atoms with E-state index in [0.717, 1.165) is 28.4 Å². The predicted octanol–water partition coefficient (Wildman–Crippen LogP) is 3.32. The first-order valence-corrected chi connectivity index (χ1v) is 7.22. The van der Waals surface area contributed by atoms with Crippen LogP contribution in [0.15, 0.2) is 42.5 Å². The van der Waals surface area contributed by atoms with Crippen LogP contribution in [0.1, 0.15) is 17.0 Å². The van der Waals surface area contributed by atoms with Crippen LogP contribution >= 0.6 is 0 Å². The Morgan fingerprint density at radius 2 is 1.82 bits per heavy atom. The van der Waals surface area contributed by atoms with Gasteiger partial charge in [0.1, 0.15) is 19.0 Å². The predicted molar refractivity (Wildman–Crippen MR) is 82.5 cm³/mol. The maximum absolute atomic E-state index is 9.50. The van der Waals surface area contributed by atoms with Crippen LogP contribution in [0.5, 0.6) is 17.2 Å². The van der Waals surface area contributed by atoms with E-state index < -0.39 is 0 Å². The lowest BCUT2D eigenvalue weighted by Gasteiger charge is -2.20. The molecule has 0 aromatic heterocycles. The molecule has 2 aromatic rings. The highest BCUT2D eigenvalue weighted by molar-refractivity contribution is 5.46. The Balaban J connectivity index is 1.80. The standard InChI is InChI=1S/C18H17NO3/c1-20-16-5-2-13(3-6-16)10-15(12-19)14-4-7-17-18(11-14)22-9-8-21-17/h2-7,11,15H,8-10H2,1H3. The number of ether oxygens (including phenoxy) is 3. The summed E-state index contributed by atoms with van der Waals surface area (Å²) in [5.74, 6) is 2.07. The summed E-state index contributed by atoms with van der Waals surface area (Å²) in [7, 11) is 1.64. The molecule has 0 saturated heterocycles. The average molecular weight is 295 g/mol. The van der Waals surface area contributed by atoms with E-state index in [0.29, 0.717) is 19.6 Å². The summed E-state index contributed by atoms with van der Waals surface area (Å²) in [6.45, 7) is 1.12. The van der Waals surface area contributed by atoms with Crippen molar-refractivity contribution in [2.75, 3.05) is 20.3 Å². The molecule has 0 saturated carbocycles. The lowest BCUT2D eigenvalue weighted by Crippen LogP contribution is -2.15. The van der Waals surface area contributed by atoms with Crippen molar-refractivity contribution in [1.29, 1.82) is 5.26 Å². The molecule has 0 bridgehead atoms. The fourth-order valence-electron chi connectivity index (χ4n) is 2.51. The maximum atomic E-state index is 9.50. The monoisotopic (exact) mass is 295 g/mol. The van der Waals surface area contributed by atoms with Gasteiger partial charge in [0.15, 0.2) is 11.5 Å². The summed E-state index contributed by atoms with van der Waals surface area (Å²) in [6.07, 6.45) is 0.653. The number of nitriles is 1. The summed E-state index contributed by atoms with van der Waals surface area (Å²) in [6, 6.07) is 15.9. The maximum Gasteiger partial charge on any atom is 0.161 e. The van der Waals surface area contributed by atoms with Crippen molar-refractivity contribution in [3.8, 4) is 23.3 Å². The Hall–Kier alpha value is -2.67. The number of methoxy groups -OCH3 is 1. The van der Waals surface area contributed by atoms with Crippen LogP contribution in [0.25, 0.3) is 0 Å². The highest BCUT2D eigenvalue weighted by Gasteiger charge is 2.17. The van der Waals surface area contributed by atoms with Gasteiger partial charge in [-0.3, -0.25) is 0 Å². The Morgan fingerprint density at radius 1 is 1.09 bits per heavy atom. The first-order chi connectivity index (χ1) is 10.8. The number of rotatable bonds is 4. The Bertz CT molecular complexity index is 688. The van der Waals surface area contributed by atoms with Crippen LogP contribution in [-0.2, 0) is 6.42 Å². The number of nitrogens with zero attached hydrogens (tertiary/aromatic N) is 1. The van der Waals surface area contributed by atoms with Crippen LogP contribution in [0.4, 0.5) is 0 Å². The van der Waals surface area contributed by atoms with E-state index in [-0.39, 0.29) is 5.92 Å². The van der Waals surface area contributed by atoms with Gasteiger partial charge in [-0.2, -0.15) is 5.26 Å². The lowest BCUT2D eigenvalue weighted by atomic mass is 9.93. The van der Waals surface area contributed by atoms with Crippen molar-refractivity contribution in [1.82, 2.24) is 0 Å². The molecule has 1 aliphatic heterocycles. The first kappa shape index (κ1) is 14.3. The third-order valence-electron chi connectivity index (χ3n) is 3.72. The molecule has 0 N–H and O–H groups in total. The molecule has 0 spiro atoms. The van der Waals surface area contributed by atoms with Gasteiger partial charge in [-0.25, -0.2) is 0 Å². The van der Waals surface area contributed by atoms with Gasteiger partial charge >= 0.3 is 0 Å². The van der Waals surface area contributed by atoms with Gasteiger partial charge in [-0.1, -0.05) is 18.2 Å². The quantitative estimate of drug-likeness (QED) is 0.868. The van der Waals surface area contributed by atoms with Gasteiger partial charge in [0.25, 0.3) is 0 Å². The van der Waals surface area contributed by atoms with Crippen LogP contribution < -0.4 is 14.2 Å². The zero-order chi connectivity index (χ0) is 15.4. The molecule has 4 heteroatoms. The molecule has 0 aliphatic carbocycles. The SMILES string of the molecule is COc1ccc(CC(C#N)c2ccc3c(c2)OCCO3)cc1. The third-order valence-corrected chi connectivity index (χ3v) is 3.72. The lowest BCUT2D eigenvalue weighted by molar-refractivity contribution is 0.171. The first-order valence-electron chi connectivity index (χ1n) is 7.22. The van der Waals surface area contributed by atoms with E-state index in [1.54, 1.807) is 7.11 Å². The molecule has 1 heterocycles. The fraction of sp³-hybridized carbons (Fsp3) is 0.278. The van der Waals surface area contributed by atoms with Crippen molar-refractivity contribution in [3.05, 3.63) is 53.6 Å². The van der Waals surface area contributed by atoms with Crippen molar-refractivity contribution in [2.24, 2.45) is 0 Å². The molecule has 2 aromatic carbocycles. The highest BCUT2D eigenvalue weighted by Crippen LogP contribution is 2.34. The van der Waals surface area contributed by atoms with E-state index >= 15 is 0 Å². The van der Waals surface area contributed by atoms with E-state index in [4.69, 9.17) is 14.2 Å². The molecule has 0 radical (unpaired) electrons. The van der Waals surface area contributed by atoms with E-state index in [9.17, 15) is 5.26 Å². The molecule has 0 amide bonds. The topological polar surface area (TPSA) is 51.5 Å². The van der Waals surface area contributed by atoms with Crippen molar-refractivity contribution < 1.29 is 14.2 Å². The molecule has 1 aliphatic rings. The second-order valence-electron chi connectivity index (χ2n) is 5.14. The Morgan fingerprint density at radius 3 is 2.50 bits per heavy atom. The molecule has 0 fully saturated rings. The zero-order valence-electron chi connectivity index (χ0n) is 12.4. The van der Waals surface area contributed by atoms with E-state index in [1.165, 1.54) is 0 Å².